The average Bonchev–Trinajstić information content (AvgIpc) is 2.03. The predicted molar refractivity (Wildman–Crippen MR) is 57.1 cm³/mol. The van der Waals surface area contributed by atoms with Crippen LogP contribution in [-0.2, 0) is 4.74 Å². The molecule has 3 heteroatoms. The summed E-state index contributed by atoms with van der Waals surface area (Å²) in [6, 6.07) is 0. The molecular weight excluding hydrogens is 164 g/mol. The third-order valence-electron chi connectivity index (χ3n) is 1.85. The van der Waals surface area contributed by atoms with Crippen LogP contribution in [0.1, 0.15) is 13.3 Å². The molecule has 1 atom stereocenters. The summed E-state index contributed by atoms with van der Waals surface area (Å²) in [6.07, 6.45) is 1.12. The highest BCUT2D eigenvalue weighted by Gasteiger charge is 1.99. The van der Waals surface area contributed by atoms with Crippen molar-refractivity contribution in [3.8, 4) is 0 Å². The first-order valence-corrected chi connectivity index (χ1v) is 5.04. The Morgan fingerprint density at radius 2 is 2.08 bits per heavy atom. The van der Waals surface area contributed by atoms with Gasteiger partial charge < -0.3 is 15.0 Å². The molecule has 0 aromatic heterocycles. The molecule has 0 saturated carbocycles. The SMILES string of the molecule is CNCC(C)COCCCN(C)C. The topological polar surface area (TPSA) is 24.5 Å². The molecule has 0 bridgehead atoms. The van der Waals surface area contributed by atoms with Gasteiger partial charge in [-0.2, -0.15) is 0 Å². The summed E-state index contributed by atoms with van der Waals surface area (Å²) in [5.41, 5.74) is 0. The van der Waals surface area contributed by atoms with Gasteiger partial charge in [-0.15, -0.1) is 0 Å². The molecule has 0 rings (SSSR count). The molecule has 0 radical (unpaired) electrons. The Hall–Kier alpha value is -0.120. The molecule has 0 fully saturated rings. The van der Waals surface area contributed by atoms with Gasteiger partial charge in [0, 0.05) is 6.61 Å². The second-order valence-electron chi connectivity index (χ2n) is 3.89. The fourth-order valence-corrected chi connectivity index (χ4v) is 1.17. The van der Waals surface area contributed by atoms with Crippen LogP contribution in [-0.4, -0.2) is 52.3 Å². The van der Waals surface area contributed by atoms with Crippen LogP contribution < -0.4 is 5.32 Å². The van der Waals surface area contributed by atoms with Crippen molar-refractivity contribution in [1.29, 1.82) is 0 Å². The van der Waals surface area contributed by atoms with Gasteiger partial charge in [0.15, 0.2) is 0 Å². The summed E-state index contributed by atoms with van der Waals surface area (Å²) < 4.78 is 5.53. The standard InChI is InChI=1S/C10H24N2O/c1-10(8-11-2)9-13-7-5-6-12(3)4/h10-11H,5-9H2,1-4H3. The number of ether oxygens (including phenoxy) is 1. The van der Waals surface area contributed by atoms with E-state index in [0.717, 1.165) is 32.7 Å². The van der Waals surface area contributed by atoms with Crippen LogP contribution >= 0.6 is 0 Å². The maximum Gasteiger partial charge on any atom is 0.0503 e. The van der Waals surface area contributed by atoms with Crippen LogP contribution in [0.2, 0.25) is 0 Å². The molecule has 13 heavy (non-hydrogen) atoms. The Balaban J connectivity index is 3.06. The lowest BCUT2D eigenvalue weighted by Crippen LogP contribution is -2.21. The van der Waals surface area contributed by atoms with E-state index in [-0.39, 0.29) is 0 Å². The molecule has 0 heterocycles. The van der Waals surface area contributed by atoms with Gasteiger partial charge in [-0.25, -0.2) is 0 Å². The Kier molecular flexibility index (Phi) is 8.40. The maximum absolute atomic E-state index is 5.53. The number of nitrogens with zero attached hydrogens (tertiary/aromatic N) is 1. The van der Waals surface area contributed by atoms with Gasteiger partial charge >= 0.3 is 0 Å². The highest BCUT2D eigenvalue weighted by Crippen LogP contribution is 1.94. The van der Waals surface area contributed by atoms with Crippen molar-refractivity contribution in [2.45, 2.75) is 13.3 Å². The third kappa shape index (κ3) is 9.80. The van der Waals surface area contributed by atoms with Crippen LogP contribution in [0.15, 0.2) is 0 Å². The van der Waals surface area contributed by atoms with E-state index in [1.807, 2.05) is 7.05 Å². The zero-order valence-electron chi connectivity index (χ0n) is 9.47. The van der Waals surface area contributed by atoms with Crippen molar-refractivity contribution in [2.24, 2.45) is 5.92 Å². The molecule has 3 nitrogen and oxygen atoms in total. The summed E-state index contributed by atoms with van der Waals surface area (Å²) in [7, 11) is 6.15. The second kappa shape index (κ2) is 8.48. The lowest BCUT2D eigenvalue weighted by molar-refractivity contribution is 0.0986. The molecule has 0 spiro atoms. The fourth-order valence-electron chi connectivity index (χ4n) is 1.17. The first-order chi connectivity index (χ1) is 6.16. The molecule has 1 unspecified atom stereocenters. The van der Waals surface area contributed by atoms with Crippen molar-refractivity contribution in [3.05, 3.63) is 0 Å². The minimum atomic E-state index is 0.615. The van der Waals surface area contributed by atoms with E-state index in [1.165, 1.54) is 0 Å². The minimum Gasteiger partial charge on any atom is -0.381 e. The zero-order valence-corrected chi connectivity index (χ0v) is 9.47. The highest BCUT2D eigenvalue weighted by molar-refractivity contribution is 4.52. The molecule has 0 aliphatic rings. The van der Waals surface area contributed by atoms with Crippen LogP contribution in [0.4, 0.5) is 0 Å². The number of hydrogen-bond acceptors (Lipinski definition) is 3. The van der Waals surface area contributed by atoms with Gasteiger partial charge in [0.05, 0.1) is 6.61 Å². The van der Waals surface area contributed by atoms with Gasteiger partial charge in [-0.05, 0) is 46.6 Å². The largest absolute Gasteiger partial charge is 0.381 e. The van der Waals surface area contributed by atoms with Crippen LogP contribution in [0.25, 0.3) is 0 Å². The van der Waals surface area contributed by atoms with Crippen molar-refractivity contribution in [2.75, 3.05) is 47.4 Å². The summed E-state index contributed by atoms with van der Waals surface area (Å²) in [4.78, 5) is 2.18. The van der Waals surface area contributed by atoms with E-state index in [4.69, 9.17) is 4.74 Å². The monoisotopic (exact) mass is 188 g/mol. The highest BCUT2D eigenvalue weighted by atomic mass is 16.5. The Morgan fingerprint density at radius 1 is 1.38 bits per heavy atom. The van der Waals surface area contributed by atoms with E-state index >= 15 is 0 Å². The van der Waals surface area contributed by atoms with E-state index in [0.29, 0.717) is 5.92 Å². The summed E-state index contributed by atoms with van der Waals surface area (Å²) in [5, 5.41) is 3.14. The van der Waals surface area contributed by atoms with Crippen molar-refractivity contribution in [3.63, 3.8) is 0 Å². The lowest BCUT2D eigenvalue weighted by Gasteiger charge is -2.12. The summed E-state index contributed by atoms with van der Waals surface area (Å²) in [5.74, 6) is 0.615. The predicted octanol–water partition coefficient (Wildman–Crippen LogP) is 0.810. The first kappa shape index (κ1) is 12.9. The molecule has 0 aromatic carbocycles. The van der Waals surface area contributed by atoms with Gasteiger partial charge in [-0.1, -0.05) is 6.92 Å². The Labute approximate surface area is 82.4 Å². The average molecular weight is 188 g/mol. The Morgan fingerprint density at radius 3 is 2.62 bits per heavy atom. The summed E-state index contributed by atoms with van der Waals surface area (Å²) >= 11 is 0. The van der Waals surface area contributed by atoms with E-state index in [9.17, 15) is 0 Å². The molecule has 0 saturated heterocycles. The quantitative estimate of drug-likeness (QED) is 0.571. The van der Waals surface area contributed by atoms with Crippen LogP contribution in [0.3, 0.4) is 0 Å². The molecule has 0 aromatic rings. The summed E-state index contributed by atoms with van der Waals surface area (Å²) in [6.45, 7) is 6.09. The van der Waals surface area contributed by atoms with E-state index in [1.54, 1.807) is 0 Å². The number of nitrogens with one attached hydrogen (secondary N) is 1. The number of hydrogen-bond donors (Lipinski definition) is 1. The minimum absolute atomic E-state index is 0.615. The van der Waals surface area contributed by atoms with Gasteiger partial charge in [0.2, 0.25) is 0 Å². The van der Waals surface area contributed by atoms with Crippen LogP contribution in [0.5, 0.6) is 0 Å². The third-order valence-corrected chi connectivity index (χ3v) is 1.85. The van der Waals surface area contributed by atoms with Crippen molar-refractivity contribution >= 4 is 0 Å². The van der Waals surface area contributed by atoms with E-state index in [2.05, 4.69) is 31.2 Å². The molecule has 80 valence electrons. The second-order valence-corrected chi connectivity index (χ2v) is 3.89. The van der Waals surface area contributed by atoms with Gasteiger partial charge in [0.1, 0.15) is 0 Å². The smallest absolute Gasteiger partial charge is 0.0503 e. The first-order valence-electron chi connectivity index (χ1n) is 5.04. The zero-order chi connectivity index (χ0) is 10.1. The van der Waals surface area contributed by atoms with E-state index < -0.39 is 0 Å². The van der Waals surface area contributed by atoms with Crippen molar-refractivity contribution in [1.82, 2.24) is 10.2 Å². The van der Waals surface area contributed by atoms with Crippen LogP contribution in [0, 0.1) is 5.92 Å². The molecule has 0 aliphatic heterocycles. The Bertz CT molecular complexity index is 107. The molecule has 0 aliphatic carbocycles. The molecule has 1 N–H and O–H groups in total. The van der Waals surface area contributed by atoms with Gasteiger partial charge in [-0.3, -0.25) is 0 Å². The molecular formula is C10H24N2O. The normalized spacial score (nSPS) is 13.6. The number of rotatable bonds is 8. The van der Waals surface area contributed by atoms with Crippen molar-refractivity contribution < 1.29 is 4.74 Å². The molecule has 0 amide bonds. The van der Waals surface area contributed by atoms with Gasteiger partial charge in [0.25, 0.3) is 0 Å². The lowest BCUT2D eigenvalue weighted by atomic mass is 10.2. The maximum atomic E-state index is 5.53. The fraction of sp³-hybridized carbons (Fsp3) is 1.00.